The zero-order chi connectivity index (χ0) is 15.8. The van der Waals surface area contributed by atoms with E-state index in [1.807, 2.05) is 24.8 Å². The topological polar surface area (TPSA) is 34.0 Å². The van der Waals surface area contributed by atoms with E-state index < -0.39 is 0 Å². The molecule has 0 aliphatic carbocycles. The Bertz CT molecular complexity index is 826. The molecule has 1 aromatic carbocycles. The number of fused-ring (bicyclic) bond motifs is 1. The lowest BCUT2D eigenvalue weighted by molar-refractivity contribution is 0.396. The summed E-state index contributed by atoms with van der Waals surface area (Å²) in [5.74, 6) is 0. The number of hydrogen-bond acceptors (Lipinski definition) is 3. The quantitative estimate of drug-likeness (QED) is 0.635. The van der Waals surface area contributed by atoms with Gasteiger partial charge in [0, 0.05) is 53.3 Å². The second-order valence-corrected chi connectivity index (χ2v) is 7.16. The summed E-state index contributed by atoms with van der Waals surface area (Å²) >= 11 is 9.88. The molecule has 6 heteroatoms. The molecule has 0 N–H and O–H groups in total. The van der Waals surface area contributed by atoms with Crippen molar-refractivity contribution >= 4 is 44.1 Å². The summed E-state index contributed by atoms with van der Waals surface area (Å²) < 4.78 is 3.20. The van der Waals surface area contributed by atoms with E-state index in [1.54, 1.807) is 0 Å². The molecule has 0 amide bonds. The van der Waals surface area contributed by atoms with Crippen molar-refractivity contribution in [3.05, 3.63) is 52.6 Å². The van der Waals surface area contributed by atoms with Gasteiger partial charge in [-0.2, -0.15) is 0 Å². The highest BCUT2D eigenvalue weighted by Gasteiger charge is 2.22. The molecule has 0 spiro atoms. The smallest absolute Gasteiger partial charge is 0.0948 e. The predicted molar refractivity (Wildman–Crippen MR) is 97.2 cm³/mol. The molecule has 4 nitrogen and oxygen atoms in total. The van der Waals surface area contributed by atoms with E-state index in [9.17, 15) is 0 Å². The molecule has 3 heterocycles. The van der Waals surface area contributed by atoms with Gasteiger partial charge in [0.25, 0.3) is 0 Å². The van der Waals surface area contributed by atoms with Crippen LogP contribution in [0, 0.1) is 0 Å². The van der Waals surface area contributed by atoms with E-state index in [0.29, 0.717) is 11.1 Å². The van der Waals surface area contributed by atoms with Gasteiger partial charge >= 0.3 is 0 Å². The summed E-state index contributed by atoms with van der Waals surface area (Å²) in [6.45, 7) is 2.04. The minimum absolute atomic E-state index is 0.539. The molecule has 2 aromatic heterocycles. The minimum Gasteiger partial charge on any atom is -0.371 e. The van der Waals surface area contributed by atoms with Crippen LogP contribution in [0.1, 0.15) is 18.9 Å². The Labute approximate surface area is 148 Å². The van der Waals surface area contributed by atoms with Crippen molar-refractivity contribution in [3.8, 4) is 0 Å². The molecule has 118 valence electrons. The zero-order valence-corrected chi connectivity index (χ0v) is 14.8. The van der Waals surface area contributed by atoms with Crippen molar-refractivity contribution in [1.29, 1.82) is 0 Å². The van der Waals surface area contributed by atoms with Gasteiger partial charge in [0.1, 0.15) is 0 Å². The monoisotopic (exact) mass is 390 g/mol. The average molecular weight is 392 g/mol. The van der Waals surface area contributed by atoms with Gasteiger partial charge in [-0.05, 0) is 31.0 Å². The van der Waals surface area contributed by atoms with Gasteiger partial charge < -0.3 is 9.47 Å². The Morgan fingerprint density at radius 3 is 2.74 bits per heavy atom. The largest absolute Gasteiger partial charge is 0.371 e. The molecule has 0 unspecified atom stereocenters. The number of imidazole rings is 1. The first-order valence-corrected chi connectivity index (χ1v) is 8.85. The maximum atomic E-state index is 6.34. The molecule has 1 saturated heterocycles. The fraction of sp³-hybridized carbons (Fsp3) is 0.294. The third kappa shape index (κ3) is 2.83. The van der Waals surface area contributed by atoms with Crippen molar-refractivity contribution in [2.24, 2.45) is 0 Å². The molecular weight excluding hydrogens is 376 g/mol. The second-order valence-electron chi connectivity index (χ2n) is 5.84. The first-order valence-electron chi connectivity index (χ1n) is 7.68. The summed E-state index contributed by atoms with van der Waals surface area (Å²) in [7, 11) is 0. The Morgan fingerprint density at radius 2 is 2.00 bits per heavy atom. The van der Waals surface area contributed by atoms with Crippen molar-refractivity contribution in [2.75, 3.05) is 18.0 Å². The first kappa shape index (κ1) is 15.0. The Hall–Kier alpha value is -1.59. The van der Waals surface area contributed by atoms with Gasteiger partial charge in [0.15, 0.2) is 0 Å². The molecule has 0 bridgehead atoms. The molecule has 0 saturated carbocycles. The van der Waals surface area contributed by atoms with Crippen LogP contribution in [-0.2, 0) is 0 Å². The molecule has 0 atom stereocenters. The Balaban J connectivity index is 1.63. The van der Waals surface area contributed by atoms with Crippen molar-refractivity contribution in [3.63, 3.8) is 0 Å². The number of nitrogens with zero attached hydrogens (tertiary/aromatic N) is 4. The highest BCUT2D eigenvalue weighted by Crippen LogP contribution is 2.35. The second kappa shape index (κ2) is 6.13. The van der Waals surface area contributed by atoms with Crippen LogP contribution in [0.15, 0.2) is 47.6 Å². The van der Waals surface area contributed by atoms with Gasteiger partial charge in [-0.15, -0.1) is 0 Å². The molecule has 0 radical (unpaired) electrons. The summed E-state index contributed by atoms with van der Waals surface area (Å²) in [4.78, 5) is 11.0. The SMILES string of the molecule is Clc1cc(Br)cc2c(N3CCC(n4ccnc4)CC3)ccnc12. The fourth-order valence-corrected chi connectivity index (χ4v) is 4.19. The number of benzene rings is 1. The van der Waals surface area contributed by atoms with E-state index in [1.165, 1.54) is 5.69 Å². The van der Waals surface area contributed by atoms with E-state index in [-0.39, 0.29) is 0 Å². The standard InChI is InChI=1S/C17H16BrClN4/c18-12-9-14-16(1-4-21-17(14)15(19)10-12)22-6-2-13(3-7-22)23-8-5-20-11-23/h1,4-5,8-11,13H,2-3,6-7H2. The molecule has 3 aromatic rings. The number of rotatable bonds is 2. The van der Waals surface area contributed by atoms with Gasteiger partial charge in [-0.3, -0.25) is 4.98 Å². The molecule has 1 fully saturated rings. The first-order chi connectivity index (χ1) is 11.2. The van der Waals surface area contributed by atoms with Crippen LogP contribution in [0.3, 0.4) is 0 Å². The zero-order valence-electron chi connectivity index (χ0n) is 12.5. The minimum atomic E-state index is 0.539. The number of piperidine rings is 1. The van der Waals surface area contributed by atoms with E-state index >= 15 is 0 Å². The molecule has 1 aliphatic heterocycles. The number of halogens is 2. The maximum absolute atomic E-state index is 6.34. The van der Waals surface area contributed by atoms with Crippen LogP contribution < -0.4 is 4.90 Å². The van der Waals surface area contributed by atoms with E-state index in [0.717, 1.165) is 41.3 Å². The number of hydrogen-bond donors (Lipinski definition) is 0. The fourth-order valence-electron chi connectivity index (χ4n) is 3.33. The molecular formula is C17H16BrClN4. The summed E-state index contributed by atoms with van der Waals surface area (Å²) in [6.07, 6.45) is 9.89. The van der Waals surface area contributed by atoms with Crippen LogP contribution in [0.4, 0.5) is 5.69 Å². The highest BCUT2D eigenvalue weighted by atomic mass is 79.9. The van der Waals surface area contributed by atoms with Crippen LogP contribution in [0.5, 0.6) is 0 Å². The van der Waals surface area contributed by atoms with Gasteiger partial charge in [0.2, 0.25) is 0 Å². The summed E-state index contributed by atoms with van der Waals surface area (Å²) in [6, 6.07) is 6.62. The van der Waals surface area contributed by atoms with E-state index in [4.69, 9.17) is 11.6 Å². The Morgan fingerprint density at radius 1 is 1.17 bits per heavy atom. The van der Waals surface area contributed by atoms with Crippen molar-refractivity contribution in [1.82, 2.24) is 14.5 Å². The molecule has 23 heavy (non-hydrogen) atoms. The Kier molecular flexibility index (Phi) is 3.99. The van der Waals surface area contributed by atoms with Crippen LogP contribution in [0.2, 0.25) is 5.02 Å². The third-order valence-electron chi connectivity index (χ3n) is 4.49. The molecule has 1 aliphatic rings. The van der Waals surface area contributed by atoms with E-state index in [2.05, 4.69) is 53.7 Å². The maximum Gasteiger partial charge on any atom is 0.0948 e. The normalized spacial score (nSPS) is 16.2. The average Bonchev–Trinajstić information content (AvgIpc) is 3.09. The van der Waals surface area contributed by atoms with Gasteiger partial charge in [0.05, 0.1) is 16.9 Å². The number of anilines is 1. The van der Waals surface area contributed by atoms with Crippen molar-refractivity contribution in [2.45, 2.75) is 18.9 Å². The predicted octanol–water partition coefficient (Wildman–Crippen LogP) is 4.69. The third-order valence-corrected chi connectivity index (χ3v) is 5.24. The highest BCUT2D eigenvalue weighted by molar-refractivity contribution is 9.10. The number of aromatic nitrogens is 3. The lowest BCUT2D eigenvalue weighted by Crippen LogP contribution is -2.34. The summed E-state index contributed by atoms with van der Waals surface area (Å²) in [5.41, 5.74) is 2.08. The lowest BCUT2D eigenvalue weighted by atomic mass is 10.0. The van der Waals surface area contributed by atoms with Gasteiger partial charge in [-0.25, -0.2) is 4.98 Å². The molecule has 4 rings (SSSR count). The van der Waals surface area contributed by atoms with Crippen LogP contribution >= 0.6 is 27.5 Å². The van der Waals surface area contributed by atoms with Gasteiger partial charge in [-0.1, -0.05) is 27.5 Å². The van der Waals surface area contributed by atoms with Crippen molar-refractivity contribution < 1.29 is 0 Å². The van der Waals surface area contributed by atoms with Crippen LogP contribution in [-0.4, -0.2) is 27.6 Å². The lowest BCUT2D eigenvalue weighted by Gasteiger charge is -2.34. The van der Waals surface area contributed by atoms with Crippen LogP contribution in [0.25, 0.3) is 10.9 Å². The summed E-state index contributed by atoms with van der Waals surface area (Å²) in [5, 5.41) is 1.79. The number of pyridine rings is 1.